The van der Waals surface area contributed by atoms with Gasteiger partial charge >= 0.3 is 0 Å². The highest BCUT2D eigenvalue weighted by Gasteiger charge is 2.08. The van der Waals surface area contributed by atoms with Gasteiger partial charge in [-0.3, -0.25) is 9.48 Å². The normalized spacial score (nSPS) is 10.3. The fraction of sp³-hybridized carbons (Fsp3) is 0.286. The van der Waals surface area contributed by atoms with Crippen LogP contribution in [0.15, 0.2) is 36.7 Å². The molecule has 0 radical (unpaired) electrons. The first-order valence-electron chi connectivity index (χ1n) is 6.49. The molecule has 2 rings (SSSR count). The van der Waals surface area contributed by atoms with Crippen LogP contribution < -0.4 is 10.6 Å². The molecule has 0 aliphatic carbocycles. The van der Waals surface area contributed by atoms with Crippen LogP contribution in [0.25, 0.3) is 0 Å². The van der Waals surface area contributed by atoms with Crippen molar-refractivity contribution in [1.29, 1.82) is 0 Å². The number of halogens is 1. The molecule has 0 aliphatic rings. The van der Waals surface area contributed by atoms with Crippen LogP contribution in [0.5, 0.6) is 0 Å². The molecule has 0 unspecified atom stereocenters. The first-order valence-corrected chi connectivity index (χ1v) is 6.87. The Morgan fingerprint density at radius 3 is 2.95 bits per heavy atom. The number of amides is 1. The SMILES string of the molecule is CCCNc1ccc(Cl)cc1NC(=O)Cn1cccn1. The van der Waals surface area contributed by atoms with E-state index in [0.29, 0.717) is 10.7 Å². The highest BCUT2D eigenvalue weighted by molar-refractivity contribution is 6.31. The zero-order chi connectivity index (χ0) is 14.4. The lowest BCUT2D eigenvalue weighted by Crippen LogP contribution is -2.20. The zero-order valence-corrected chi connectivity index (χ0v) is 12.0. The van der Waals surface area contributed by atoms with Gasteiger partial charge in [0.05, 0.1) is 11.4 Å². The lowest BCUT2D eigenvalue weighted by atomic mass is 10.2. The van der Waals surface area contributed by atoms with Crippen LogP contribution in [-0.2, 0) is 11.3 Å². The van der Waals surface area contributed by atoms with Gasteiger partial charge in [0.15, 0.2) is 0 Å². The molecular formula is C14H17ClN4O. The Morgan fingerprint density at radius 1 is 1.40 bits per heavy atom. The standard InChI is InChI=1S/C14H17ClN4O/c1-2-6-16-12-5-4-11(15)9-13(12)18-14(20)10-19-8-3-7-17-19/h3-5,7-9,16H,2,6,10H2,1H3,(H,18,20). The molecule has 106 valence electrons. The van der Waals surface area contributed by atoms with Crippen molar-refractivity contribution in [3.63, 3.8) is 0 Å². The van der Waals surface area contributed by atoms with Gasteiger partial charge in [0, 0.05) is 24.0 Å². The van der Waals surface area contributed by atoms with Crippen molar-refractivity contribution >= 4 is 28.9 Å². The van der Waals surface area contributed by atoms with Crippen molar-refractivity contribution in [2.75, 3.05) is 17.2 Å². The molecular weight excluding hydrogens is 276 g/mol. The lowest BCUT2D eigenvalue weighted by molar-refractivity contribution is -0.116. The van der Waals surface area contributed by atoms with Crippen molar-refractivity contribution in [3.8, 4) is 0 Å². The molecule has 1 aromatic carbocycles. The number of nitrogens with zero attached hydrogens (tertiary/aromatic N) is 2. The quantitative estimate of drug-likeness (QED) is 0.860. The van der Waals surface area contributed by atoms with Crippen molar-refractivity contribution in [2.45, 2.75) is 19.9 Å². The average Bonchev–Trinajstić information content (AvgIpc) is 2.90. The maximum atomic E-state index is 12.0. The summed E-state index contributed by atoms with van der Waals surface area (Å²) < 4.78 is 1.57. The largest absolute Gasteiger partial charge is 0.383 e. The van der Waals surface area contributed by atoms with Crippen LogP contribution in [0.1, 0.15) is 13.3 Å². The molecule has 2 N–H and O–H groups in total. The topological polar surface area (TPSA) is 58.9 Å². The Balaban J connectivity index is 2.06. The van der Waals surface area contributed by atoms with Gasteiger partial charge in [0.1, 0.15) is 6.54 Å². The number of anilines is 2. The van der Waals surface area contributed by atoms with Gasteiger partial charge in [-0.1, -0.05) is 18.5 Å². The molecule has 20 heavy (non-hydrogen) atoms. The molecule has 5 nitrogen and oxygen atoms in total. The number of carbonyl (C=O) groups is 1. The molecule has 1 aromatic heterocycles. The van der Waals surface area contributed by atoms with E-state index in [2.05, 4.69) is 22.7 Å². The highest BCUT2D eigenvalue weighted by atomic mass is 35.5. The molecule has 0 aliphatic heterocycles. The van der Waals surface area contributed by atoms with Crippen molar-refractivity contribution < 1.29 is 4.79 Å². The van der Waals surface area contributed by atoms with Crippen LogP contribution in [0, 0.1) is 0 Å². The van der Waals surface area contributed by atoms with Gasteiger partial charge < -0.3 is 10.6 Å². The maximum Gasteiger partial charge on any atom is 0.246 e. The lowest BCUT2D eigenvalue weighted by Gasteiger charge is -2.13. The summed E-state index contributed by atoms with van der Waals surface area (Å²) in [5.74, 6) is -0.143. The van der Waals surface area contributed by atoms with Crippen molar-refractivity contribution in [1.82, 2.24) is 9.78 Å². The van der Waals surface area contributed by atoms with E-state index in [1.165, 1.54) is 0 Å². The Hall–Kier alpha value is -2.01. The zero-order valence-electron chi connectivity index (χ0n) is 11.3. The van der Waals surface area contributed by atoms with E-state index < -0.39 is 0 Å². The molecule has 0 saturated carbocycles. The molecule has 0 fully saturated rings. The fourth-order valence-electron chi connectivity index (χ4n) is 1.76. The highest BCUT2D eigenvalue weighted by Crippen LogP contribution is 2.25. The summed E-state index contributed by atoms with van der Waals surface area (Å²) in [6.07, 6.45) is 4.39. The van der Waals surface area contributed by atoms with E-state index in [4.69, 9.17) is 11.6 Å². The Morgan fingerprint density at radius 2 is 2.25 bits per heavy atom. The molecule has 2 aromatic rings. The van der Waals surface area contributed by atoms with Gasteiger partial charge in [0.25, 0.3) is 0 Å². The van der Waals surface area contributed by atoms with E-state index in [1.807, 2.05) is 6.07 Å². The number of aromatic nitrogens is 2. The summed E-state index contributed by atoms with van der Waals surface area (Å²) in [7, 11) is 0. The molecule has 0 atom stereocenters. The monoisotopic (exact) mass is 292 g/mol. The van der Waals surface area contributed by atoms with E-state index in [9.17, 15) is 4.79 Å². The van der Waals surface area contributed by atoms with Gasteiger partial charge in [-0.15, -0.1) is 0 Å². The minimum absolute atomic E-state index is 0.143. The number of hydrogen-bond donors (Lipinski definition) is 2. The second-order valence-electron chi connectivity index (χ2n) is 4.37. The first kappa shape index (κ1) is 14.4. The van der Waals surface area contributed by atoms with Crippen LogP contribution in [0.3, 0.4) is 0 Å². The molecule has 0 saturated heterocycles. The van der Waals surface area contributed by atoms with Gasteiger partial charge in [-0.05, 0) is 30.7 Å². The van der Waals surface area contributed by atoms with Gasteiger partial charge in [-0.2, -0.15) is 5.10 Å². The second kappa shape index (κ2) is 6.96. The minimum Gasteiger partial charge on any atom is -0.383 e. The number of rotatable bonds is 6. The van der Waals surface area contributed by atoms with E-state index in [-0.39, 0.29) is 12.5 Å². The van der Waals surface area contributed by atoms with E-state index in [0.717, 1.165) is 18.7 Å². The van der Waals surface area contributed by atoms with Crippen molar-refractivity contribution in [3.05, 3.63) is 41.7 Å². The summed E-state index contributed by atoms with van der Waals surface area (Å²) >= 11 is 5.98. The summed E-state index contributed by atoms with van der Waals surface area (Å²) in [4.78, 5) is 12.0. The number of benzene rings is 1. The van der Waals surface area contributed by atoms with E-state index >= 15 is 0 Å². The Kier molecular flexibility index (Phi) is 5.01. The molecule has 6 heteroatoms. The van der Waals surface area contributed by atoms with Crippen LogP contribution >= 0.6 is 11.6 Å². The predicted octanol–water partition coefficient (Wildman–Crippen LogP) is 3.00. The second-order valence-corrected chi connectivity index (χ2v) is 4.80. The Labute approximate surface area is 122 Å². The first-order chi connectivity index (χ1) is 9.69. The fourth-order valence-corrected chi connectivity index (χ4v) is 1.94. The molecule has 0 bridgehead atoms. The predicted molar refractivity (Wildman–Crippen MR) is 81.1 cm³/mol. The van der Waals surface area contributed by atoms with Gasteiger partial charge in [0.2, 0.25) is 5.91 Å². The van der Waals surface area contributed by atoms with Crippen LogP contribution in [-0.4, -0.2) is 22.2 Å². The third-order valence-corrected chi connectivity index (χ3v) is 2.92. The number of carbonyl (C=O) groups excluding carboxylic acids is 1. The number of hydrogen-bond acceptors (Lipinski definition) is 3. The summed E-state index contributed by atoms with van der Waals surface area (Å²) in [6.45, 7) is 3.09. The maximum absolute atomic E-state index is 12.0. The van der Waals surface area contributed by atoms with Crippen LogP contribution in [0.4, 0.5) is 11.4 Å². The van der Waals surface area contributed by atoms with E-state index in [1.54, 1.807) is 35.3 Å². The molecule has 0 spiro atoms. The van der Waals surface area contributed by atoms with Crippen LogP contribution in [0.2, 0.25) is 5.02 Å². The van der Waals surface area contributed by atoms with Crippen molar-refractivity contribution in [2.24, 2.45) is 0 Å². The Bertz CT molecular complexity index is 569. The summed E-state index contributed by atoms with van der Waals surface area (Å²) in [6, 6.07) is 7.17. The molecule has 1 amide bonds. The third-order valence-electron chi connectivity index (χ3n) is 2.69. The average molecular weight is 293 g/mol. The number of nitrogens with one attached hydrogen (secondary N) is 2. The minimum atomic E-state index is -0.143. The van der Waals surface area contributed by atoms with Gasteiger partial charge in [-0.25, -0.2) is 0 Å². The molecule has 1 heterocycles. The smallest absolute Gasteiger partial charge is 0.246 e. The summed E-state index contributed by atoms with van der Waals surface area (Å²) in [5, 5.41) is 10.7. The third kappa shape index (κ3) is 3.99. The summed E-state index contributed by atoms with van der Waals surface area (Å²) in [5.41, 5.74) is 1.55.